The first-order valence-electron chi connectivity index (χ1n) is 6.21. The van der Waals surface area contributed by atoms with Crippen LogP contribution in [0.5, 0.6) is 0 Å². The number of hydrogen-bond donors (Lipinski definition) is 3. The number of hydrogen-bond acceptors (Lipinski definition) is 4. The fourth-order valence-corrected chi connectivity index (χ4v) is 3.01. The summed E-state index contributed by atoms with van der Waals surface area (Å²) >= 11 is 3.35. The number of aromatic nitrogens is 2. The monoisotopic (exact) mass is 392 g/mol. The summed E-state index contributed by atoms with van der Waals surface area (Å²) < 4.78 is 18.3. The Kier molecular flexibility index (Phi) is 5.03. The lowest BCUT2D eigenvalue weighted by molar-refractivity contribution is -0.148. The van der Waals surface area contributed by atoms with Gasteiger partial charge in [-0.15, -0.1) is 0 Å². The molecule has 10 heteroatoms. The minimum atomic E-state index is -4.41. The van der Waals surface area contributed by atoms with Gasteiger partial charge < -0.3 is 24.0 Å². The quantitative estimate of drug-likeness (QED) is 0.625. The molecule has 0 saturated heterocycles. The van der Waals surface area contributed by atoms with E-state index in [1.54, 1.807) is 12.3 Å². The van der Waals surface area contributed by atoms with E-state index in [4.69, 9.17) is 19.6 Å². The molecule has 0 aliphatic heterocycles. The van der Waals surface area contributed by atoms with E-state index < -0.39 is 19.7 Å². The van der Waals surface area contributed by atoms with E-state index in [0.29, 0.717) is 16.5 Å². The molecule has 1 unspecified atom stereocenters. The van der Waals surface area contributed by atoms with Crippen molar-refractivity contribution in [1.29, 1.82) is 0 Å². The molecule has 3 N–H and O–H groups in total. The van der Waals surface area contributed by atoms with Gasteiger partial charge in [0.2, 0.25) is 0 Å². The number of imidazole rings is 1. The molecule has 0 bridgehead atoms. The standard InChI is InChI=1S/C12H14BrN2O6P/c1-21-9(12(16)17)3-2-7-5-15-6-11(22(18,19)20)14-10(15)4-8(7)13/h4-6,9H,2-3H2,1H3,(H,16,17)(H2,18,19,20). The molecule has 0 spiro atoms. The number of aryl methyl sites for hydroxylation is 1. The van der Waals surface area contributed by atoms with Crippen LogP contribution in [-0.2, 0) is 20.5 Å². The third-order valence-corrected chi connectivity index (χ3v) is 4.69. The van der Waals surface area contributed by atoms with E-state index in [1.807, 2.05) is 0 Å². The van der Waals surface area contributed by atoms with E-state index >= 15 is 0 Å². The van der Waals surface area contributed by atoms with Gasteiger partial charge in [-0.1, -0.05) is 15.9 Å². The van der Waals surface area contributed by atoms with Crippen LogP contribution in [0.1, 0.15) is 12.0 Å². The zero-order valence-electron chi connectivity index (χ0n) is 11.5. The molecule has 2 aromatic heterocycles. The molecular formula is C12H14BrN2O6P. The molecule has 120 valence electrons. The average Bonchev–Trinajstić information content (AvgIpc) is 2.81. The molecule has 2 rings (SSSR count). The van der Waals surface area contributed by atoms with Crippen LogP contribution >= 0.6 is 23.5 Å². The van der Waals surface area contributed by atoms with Gasteiger partial charge in [0, 0.05) is 24.0 Å². The second-order valence-corrected chi connectivity index (χ2v) is 7.06. The number of ether oxygens (including phenoxy) is 1. The van der Waals surface area contributed by atoms with Crippen LogP contribution in [0.3, 0.4) is 0 Å². The van der Waals surface area contributed by atoms with Gasteiger partial charge in [0.15, 0.2) is 11.5 Å². The molecule has 0 aliphatic rings. The number of pyridine rings is 1. The van der Waals surface area contributed by atoms with Gasteiger partial charge in [-0.25, -0.2) is 9.78 Å². The van der Waals surface area contributed by atoms with Crippen LogP contribution in [0, 0.1) is 0 Å². The van der Waals surface area contributed by atoms with Crippen LogP contribution < -0.4 is 5.44 Å². The molecule has 8 nitrogen and oxygen atoms in total. The number of fused-ring (bicyclic) bond motifs is 1. The van der Waals surface area contributed by atoms with E-state index in [-0.39, 0.29) is 11.9 Å². The second-order valence-electron chi connectivity index (χ2n) is 4.66. The Hall–Kier alpha value is -1.25. The molecule has 0 saturated carbocycles. The summed E-state index contributed by atoms with van der Waals surface area (Å²) in [5.74, 6) is -1.04. The van der Waals surface area contributed by atoms with Crippen molar-refractivity contribution in [3.05, 3.63) is 28.5 Å². The van der Waals surface area contributed by atoms with Crippen molar-refractivity contribution in [1.82, 2.24) is 9.38 Å². The van der Waals surface area contributed by atoms with E-state index in [2.05, 4.69) is 20.9 Å². The van der Waals surface area contributed by atoms with Gasteiger partial charge in [0.05, 0.1) is 0 Å². The van der Waals surface area contributed by atoms with E-state index in [0.717, 1.165) is 5.56 Å². The Balaban J connectivity index is 2.29. The fraction of sp³-hybridized carbons (Fsp3) is 0.333. The number of carbonyl (C=O) groups is 1. The predicted molar refractivity (Wildman–Crippen MR) is 81.3 cm³/mol. The summed E-state index contributed by atoms with van der Waals surface area (Å²) in [7, 11) is -3.08. The van der Waals surface area contributed by atoms with Crippen molar-refractivity contribution in [2.45, 2.75) is 18.9 Å². The molecule has 0 amide bonds. The number of carboxylic acid groups (broad SMARTS) is 1. The Morgan fingerprint density at radius 1 is 1.50 bits per heavy atom. The number of halogens is 1. The minimum Gasteiger partial charge on any atom is -0.479 e. The first-order valence-corrected chi connectivity index (χ1v) is 8.61. The number of carboxylic acids is 1. The van der Waals surface area contributed by atoms with Crippen molar-refractivity contribution in [2.75, 3.05) is 7.11 Å². The first-order chi connectivity index (χ1) is 10.2. The van der Waals surface area contributed by atoms with Crippen LogP contribution in [0.15, 0.2) is 22.9 Å². The third-order valence-electron chi connectivity index (χ3n) is 3.14. The Bertz CT molecular complexity index is 755. The van der Waals surface area contributed by atoms with Gasteiger partial charge in [0.1, 0.15) is 5.65 Å². The maximum absolute atomic E-state index is 11.2. The van der Waals surface area contributed by atoms with Crippen molar-refractivity contribution in [2.24, 2.45) is 0 Å². The van der Waals surface area contributed by atoms with Crippen LogP contribution in [0.4, 0.5) is 0 Å². The maximum atomic E-state index is 11.2. The lowest BCUT2D eigenvalue weighted by Crippen LogP contribution is -2.23. The number of methoxy groups -OCH3 is 1. The highest BCUT2D eigenvalue weighted by molar-refractivity contribution is 9.10. The highest BCUT2D eigenvalue weighted by atomic mass is 79.9. The molecule has 2 aromatic rings. The summed E-state index contributed by atoms with van der Waals surface area (Å²) in [4.78, 5) is 33.1. The molecule has 2 heterocycles. The van der Waals surface area contributed by atoms with Gasteiger partial charge in [-0.3, -0.25) is 4.57 Å². The second kappa shape index (κ2) is 6.47. The summed E-state index contributed by atoms with van der Waals surface area (Å²) in [6, 6.07) is 1.62. The fourth-order valence-electron chi connectivity index (χ4n) is 1.99. The normalized spacial score (nSPS) is 13.5. The van der Waals surface area contributed by atoms with Crippen LogP contribution in [-0.4, -0.2) is 43.5 Å². The number of aliphatic carboxylic acids is 1. The SMILES string of the molecule is COC(CCc1cn2cc(P(=O)(O)O)nc2cc1Br)C(=O)O. The van der Waals surface area contributed by atoms with Gasteiger partial charge >= 0.3 is 13.6 Å². The largest absolute Gasteiger partial charge is 0.479 e. The van der Waals surface area contributed by atoms with Crippen molar-refractivity contribution in [3.63, 3.8) is 0 Å². The topological polar surface area (TPSA) is 121 Å². The number of rotatable bonds is 6. The van der Waals surface area contributed by atoms with Crippen LogP contribution in [0.2, 0.25) is 0 Å². The Labute approximate surface area is 134 Å². The molecule has 0 fully saturated rings. The summed E-state index contributed by atoms with van der Waals surface area (Å²) in [5, 5.41) is 8.95. The minimum absolute atomic E-state index is 0.274. The summed E-state index contributed by atoms with van der Waals surface area (Å²) in [5.41, 5.74) is 0.859. The summed E-state index contributed by atoms with van der Waals surface area (Å²) in [6.07, 6.45) is 2.70. The maximum Gasteiger partial charge on any atom is 0.376 e. The smallest absolute Gasteiger partial charge is 0.376 e. The van der Waals surface area contributed by atoms with Crippen LogP contribution in [0.25, 0.3) is 5.65 Å². The van der Waals surface area contributed by atoms with Crippen molar-refractivity contribution < 1.29 is 29.0 Å². The molecule has 0 aromatic carbocycles. The van der Waals surface area contributed by atoms with E-state index in [9.17, 15) is 9.36 Å². The molecule has 0 radical (unpaired) electrons. The molecule has 1 atom stereocenters. The Morgan fingerprint density at radius 3 is 2.73 bits per heavy atom. The third kappa shape index (κ3) is 3.74. The van der Waals surface area contributed by atoms with Gasteiger partial charge in [-0.2, -0.15) is 0 Å². The van der Waals surface area contributed by atoms with Crippen molar-refractivity contribution in [3.8, 4) is 0 Å². The highest BCUT2D eigenvalue weighted by Crippen LogP contribution is 2.33. The predicted octanol–water partition coefficient (Wildman–Crippen LogP) is 0.932. The van der Waals surface area contributed by atoms with Gasteiger partial charge in [-0.05, 0) is 24.5 Å². The zero-order chi connectivity index (χ0) is 16.5. The lowest BCUT2D eigenvalue weighted by atomic mass is 10.1. The van der Waals surface area contributed by atoms with E-state index in [1.165, 1.54) is 17.7 Å². The molecular weight excluding hydrogens is 379 g/mol. The highest BCUT2D eigenvalue weighted by Gasteiger charge is 2.22. The van der Waals surface area contributed by atoms with Gasteiger partial charge in [0.25, 0.3) is 0 Å². The summed E-state index contributed by atoms with van der Waals surface area (Å²) in [6.45, 7) is 0. The number of nitrogens with zero attached hydrogens (tertiary/aromatic N) is 2. The first kappa shape index (κ1) is 17.1. The zero-order valence-corrected chi connectivity index (χ0v) is 14.0. The molecule has 0 aliphatic carbocycles. The molecule has 22 heavy (non-hydrogen) atoms. The lowest BCUT2D eigenvalue weighted by Gasteiger charge is -2.11. The van der Waals surface area contributed by atoms with Crippen molar-refractivity contribution >= 4 is 40.6 Å². The Morgan fingerprint density at radius 2 is 2.18 bits per heavy atom. The average molecular weight is 393 g/mol.